The number of aromatic nitrogens is 1. The largest absolute Gasteiger partial charge is 0.363 e. The molecule has 88 valence electrons. The summed E-state index contributed by atoms with van der Waals surface area (Å²) in [6.45, 7) is 0. The Bertz CT molecular complexity index is 506. The molecule has 1 aliphatic rings. The minimum atomic E-state index is 0.402. The van der Waals surface area contributed by atoms with E-state index < -0.39 is 0 Å². The third kappa shape index (κ3) is 2.31. The number of rotatable bonds is 2. The first-order chi connectivity index (χ1) is 8.33. The first-order valence-electron chi connectivity index (χ1n) is 5.77. The number of hydrogen-bond acceptors (Lipinski definition) is 3. The van der Waals surface area contributed by atoms with Gasteiger partial charge >= 0.3 is 0 Å². The van der Waals surface area contributed by atoms with Crippen molar-refractivity contribution < 1.29 is 0 Å². The van der Waals surface area contributed by atoms with Crippen LogP contribution in [-0.4, -0.2) is 4.98 Å². The second-order valence-electron chi connectivity index (χ2n) is 4.25. The van der Waals surface area contributed by atoms with Gasteiger partial charge in [-0.2, -0.15) is 0 Å². The van der Waals surface area contributed by atoms with Crippen molar-refractivity contribution in [3.63, 3.8) is 0 Å². The molecule has 0 radical (unpaired) electrons. The molecule has 1 atom stereocenters. The summed E-state index contributed by atoms with van der Waals surface area (Å²) < 4.78 is 0. The molecule has 2 aromatic rings. The topological polar surface area (TPSA) is 24.9 Å². The lowest BCUT2D eigenvalue weighted by molar-refractivity contribution is 0.607. The minimum absolute atomic E-state index is 0.402. The zero-order chi connectivity index (χ0) is 11.7. The summed E-state index contributed by atoms with van der Waals surface area (Å²) >= 11 is 7.69. The SMILES string of the molecule is Clc1ccc(NC2CCCc3sccc32)nc1. The fourth-order valence-electron chi connectivity index (χ4n) is 2.28. The van der Waals surface area contributed by atoms with Gasteiger partial charge in [0.1, 0.15) is 5.82 Å². The van der Waals surface area contributed by atoms with Crippen LogP contribution in [0.4, 0.5) is 5.82 Å². The molecular formula is C13H13ClN2S. The van der Waals surface area contributed by atoms with Crippen molar-refractivity contribution in [1.82, 2.24) is 4.98 Å². The number of aryl methyl sites for hydroxylation is 1. The molecule has 0 aliphatic heterocycles. The molecule has 2 nitrogen and oxygen atoms in total. The van der Waals surface area contributed by atoms with Crippen molar-refractivity contribution in [3.05, 3.63) is 45.2 Å². The summed E-state index contributed by atoms with van der Waals surface area (Å²) in [5.74, 6) is 0.901. The van der Waals surface area contributed by atoms with Gasteiger partial charge in [0.05, 0.1) is 11.1 Å². The van der Waals surface area contributed by atoms with Crippen molar-refractivity contribution in [2.75, 3.05) is 5.32 Å². The smallest absolute Gasteiger partial charge is 0.126 e. The van der Waals surface area contributed by atoms with Crippen LogP contribution in [0.3, 0.4) is 0 Å². The van der Waals surface area contributed by atoms with Gasteiger partial charge in [0.2, 0.25) is 0 Å². The minimum Gasteiger partial charge on any atom is -0.363 e. The van der Waals surface area contributed by atoms with Crippen LogP contribution >= 0.6 is 22.9 Å². The molecule has 17 heavy (non-hydrogen) atoms. The van der Waals surface area contributed by atoms with E-state index >= 15 is 0 Å². The number of hydrogen-bond donors (Lipinski definition) is 1. The number of pyridine rings is 1. The van der Waals surface area contributed by atoms with Crippen LogP contribution in [-0.2, 0) is 6.42 Å². The molecule has 1 N–H and O–H groups in total. The van der Waals surface area contributed by atoms with Crippen LogP contribution in [0.25, 0.3) is 0 Å². The van der Waals surface area contributed by atoms with Gasteiger partial charge in [-0.05, 0) is 48.4 Å². The zero-order valence-corrected chi connectivity index (χ0v) is 10.9. The van der Waals surface area contributed by atoms with E-state index in [9.17, 15) is 0 Å². The van der Waals surface area contributed by atoms with Crippen LogP contribution < -0.4 is 5.32 Å². The van der Waals surface area contributed by atoms with Crippen LogP contribution in [0, 0.1) is 0 Å². The standard InChI is InChI=1S/C13H13ClN2S/c14-9-4-5-13(15-8-9)16-11-2-1-3-12-10(11)6-7-17-12/h4-8,11H,1-3H2,(H,15,16). The van der Waals surface area contributed by atoms with Gasteiger partial charge in [-0.15, -0.1) is 11.3 Å². The van der Waals surface area contributed by atoms with E-state index in [1.165, 1.54) is 29.7 Å². The Morgan fingerprint density at radius 1 is 1.35 bits per heavy atom. The predicted molar refractivity (Wildman–Crippen MR) is 72.9 cm³/mol. The Balaban J connectivity index is 1.81. The van der Waals surface area contributed by atoms with Crippen molar-refractivity contribution in [3.8, 4) is 0 Å². The second-order valence-corrected chi connectivity index (χ2v) is 5.69. The number of halogens is 1. The van der Waals surface area contributed by atoms with E-state index in [2.05, 4.69) is 21.7 Å². The molecular weight excluding hydrogens is 252 g/mol. The van der Waals surface area contributed by atoms with Crippen LogP contribution in [0.1, 0.15) is 29.3 Å². The maximum Gasteiger partial charge on any atom is 0.126 e. The van der Waals surface area contributed by atoms with Gasteiger partial charge < -0.3 is 5.32 Å². The van der Waals surface area contributed by atoms with Crippen molar-refractivity contribution in [1.29, 1.82) is 0 Å². The van der Waals surface area contributed by atoms with E-state index in [0.717, 1.165) is 5.82 Å². The highest BCUT2D eigenvalue weighted by Crippen LogP contribution is 2.35. The third-order valence-electron chi connectivity index (χ3n) is 3.10. The highest BCUT2D eigenvalue weighted by atomic mass is 35.5. The lowest BCUT2D eigenvalue weighted by atomic mass is 9.94. The summed E-state index contributed by atoms with van der Waals surface area (Å²) in [6, 6.07) is 6.43. The van der Waals surface area contributed by atoms with E-state index in [1.54, 1.807) is 6.20 Å². The van der Waals surface area contributed by atoms with Crippen molar-refractivity contribution in [2.24, 2.45) is 0 Å². The van der Waals surface area contributed by atoms with Gasteiger partial charge in [0.15, 0.2) is 0 Å². The Labute approximate surface area is 110 Å². The van der Waals surface area contributed by atoms with Crippen molar-refractivity contribution >= 4 is 28.8 Å². The molecule has 0 bridgehead atoms. The van der Waals surface area contributed by atoms with E-state index in [-0.39, 0.29) is 0 Å². The summed E-state index contributed by atoms with van der Waals surface area (Å²) in [4.78, 5) is 5.81. The summed E-state index contributed by atoms with van der Waals surface area (Å²) in [5, 5.41) is 6.34. The van der Waals surface area contributed by atoms with Gasteiger partial charge in [-0.1, -0.05) is 11.6 Å². The molecule has 0 aromatic carbocycles. The molecule has 4 heteroatoms. The van der Waals surface area contributed by atoms with E-state index in [1.807, 2.05) is 23.5 Å². The van der Waals surface area contributed by atoms with Gasteiger partial charge in [-0.3, -0.25) is 0 Å². The third-order valence-corrected chi connectivity index (χ3v) is 4.32. The quantitative estimate of drug-likeness (QED) is 0.875. The average molecular weight is 265 g/mol. The number of fused-ring (bicyclic) bond motifs is 1. The fourth-order valence-corrected chi connectivity index (χ4v) is 3.38. The van der Waals surface area contributed by atoms with Crippen LogP contribution in [0.2, 0.25) is 5.02 Å². The Morgan fingerprint density at radius 2 is 2.29 bits per heavy atom. The lowest BCUT2D eigenvalue weighted by Crippen LogP contribution is -2.16. The Hall–Kier alpha value is -1.06. The summed E-state index contributed by atoms with van der Waals surface area (Å²) in [5.41, 5.74) is 1.44. The van der Waals surface area contributed by atoms with Crippen LogP contribution in [0.15, 0.2) is 29.8 Å². The monoisotopic (exact) mass is 264 g/mol. The summed E-state index contributed by atoms with van der Waals surface area (Å²) in [6.07, 6.45) is 5.33. The molecule has 0 saturated carbocycles. The summed E-state index contributed by atoms with van der Waals surface area (Å²) in [7, 11) is 0. The number of nitrogens with one attached hydrogen (secondary N) is 1. The maximum atomic E-state index is 5.83. The lowest BCUT2D eigenvalue weighted by Gasteiger charge is -2.24. The normalized spacial score (nSPS) is 18.8. The first kappa shape index (κ1) is 11.1. The molecule has 0 amide bonds. The Morgan fingerprint density at radius 3 is 3.12 bits per heavy atom. The zero-order valence-electron chi connectivity index (χ0n) is 9.32. The molecule has 1 unspecified atom stereocenters. The number of thiophene rings is 1. The Kier molecular flexibility index (Phi) is 3.04. The highest BCUT2D eigenvalue weighted by Gasteiger charge is 2.21. The van der Waals surface area contributed by atoms with Gasteiger partial charge in [0.25, 0.3) is 0 Å². The predicted octanol–water partition coefficient (Wildman–Crippen LogP) is 4.29. The molecule has 3 rings (SSSR count). The molecule has 0 spiro atoms. The first-order valence-corrected chi connectivity index (χ1v) is 7.03. The average Bonchev–Trinajstić information content (AvgIpc) is 2.81. The van der Waals surface area contributed by atoms with Crippen molar-refractivity contribution in [2.45, 2.75) is 25.3 Å². The fraction of sp³-hybridized carbons (Fsp3) is 0.308. The molecule has 2 heterocycles. The maximum absolute atomic E-state index is 5.83. The molecule has 0 saturated heterocycles. The van der Waals surface area contributed by atoms with Gasteiger partial charge in [-0.25, -0.2) is 4.98 Å². The molecule has 0 fully saturated rings. The number of nitrogens with zero attached hydrogens (tertiary/aromatic N) is 1. The van der Waals surface area contributed by atoms with E-state index in [0.29, 0.717) is 11.1 Å². The molecule has 2 aromatic heterocycles. The number of anilines is 1. The van der Waals surface area contributed by atoms with Crippen LogP contribution in [0.5, 0.6) is 0 Å². The second kappa shape index (κ2) is 4.67. The van der Waals surface area contributed by atoms with Gasteiger partial charge in [0, 0.05) is 11.1 Å². The molecule has 1 aliphatic carbocycles. The highest BCUT2D eigenvalue weighted by molar-refractivity contribution is 7.10. The van der Waals surface area contributed by atoms with E-state index in [4.69, 9.17) is 11.6 Å².